The molecule has 0 atom stereocenters. The Morgan fingerprint density at radius 3 is 2.70 bits per heavy atom. The molecule has 106 valence electrons. The van der Waals surface area contributed by atoms with Crippen LogP contribution in [0.15, 0.2) is 44.4 Å². The van der Waals surface area contributed by atoms with Gasteiger partial charge in [-0.15, -0.1) is 0 Å². The van der Waals surface area contributed by atoms with Gasteiger partial charge in [-0.3, -0.25) is 0 Å². The molecule has 2 rings (SSSR count). The highest BCUT2D eigenvalue weighted by molar-refractivity contribution is 7.99. The lowest BCUT2D eigenvalue weighted by Crippen LogP contribution is -2.17. The lowest BCUT2D eigenvalue weighted by molar-refractivity contribution is -0.141. The van der Waals surface area contributed by atoms with E-state index >= 15 is 0 Å². The number of nitrogens with zero attached hydrogens (tertiary/aromatic N) is 3. The molecule has 3 N–H and O–H groups in total. The van der Waals surface area contributed by atoms with E-state index in [1.807, 2.05) is 0 Å². The molecule has 6 nitrogen and oxygen atoms in total. The van der Waals surface area contributed by atoms with E-state index in [4.69, 9.17) is 15.4 Å². The number of oxime groups is 1. The number of aromatic nitrogens is 2. The molecule has 10 heteroatoms. The van der Waals surface area contributed by atoms with Gasteiger partial charge in [0.25, 0.3) is 5.22 Å². The van der Waals surface area contributed by atoms with Crippen LogP contribution in [0, 0.1) is 0 Å². The second kappa shape index (κ2) is 5.41. The third-order valence-corrected chi connectivity index (χ3v) is 3.01. The third kappa shape index (κ3) is 3.02. The predicted octanol–water partition coefficient (Wildman–Crippen LogP) is 2.33. The van der Waals surface area contributed by atoms with Crippen molar-refractivity contribution in [2.45, 2.75) is 16.4 Å². The van der Waals surface area contributed by atoms with E-state index in [1.165, 1.54) is 12.5 Å². The number of hydrogen-bond acceptors (Lipinski definition) is 6. The highest BCUT2D eigenvalue weighted by atomic mass is 32.2. The van der Waals surface area contributed by atoms with Crippen molar-refractivity contribution in [3.05, 3.63) is 35.9 Å². The van der Waals surface area contributed by atoms with Gasteiger partial charge in [0, 0.05) is 0 Å². The van der Waals surface area contributed by atoms with Crippen molar-refractivity contribution < 1.29 is 22.8 Å². The smallest absolute Gasteiger partial charge is 0.433 e. The van der Waals surface area contributed by atoms with Gasteiger partial charge in [0.1, 0.15) is 17.0 Å². The Hall–Kier alpha value is -2.23. The topological polar surface area (TPSA) is 97.5 Å². The van der Waals surface area contributed by atoms with E-state index in [0.29, 0.717) is 0 Å². The Bertz CT molecular complexity index is 628. The maximum Gasteiger partial charge on any atom is 0.433 e. The maximum atomic E-state index is 12.6. The molecule has 2 aromatic heterocycles. The fraction of sp³-hybridized carbons (Fsp3) is 0.100. The van der Waals surface area contributed by atoms with Crippen molar-refractivity contribution in [3.63, 3.8) is 0 Å². The first-order valence-corrected chi connectivity index (χ1v) is 5.87. The van der Waals surface area contributed by atoms with E-state index in [1.54, 1.807) is 0 Å². The summed E-state index contributed by atoms with van der Waals surface area (Å²) in [6.07, 6.45) is -2.01. The number of rotatable bonds is 3. The van der Waals surface area contributed by atoms with Crippen molar-refractivity contribution >= 4 is 17.6 Å². The van der Waals surface area contributed by atoms with Crippen molar-refractivity contribution in [2.24, 2.45) is 10.9 Å². The molecule has 0 fully saturated rings. The molecule has 2 aromatic rings. The normalized spacial score (nSPS) is 12.7. The van der Waals surface area contributed by atoms with Gasteiger partial charge in [-0.2, -0.15) is 13.2 Å². The van der Waals surface area contributed by atoms with Crippen LogP contribution in [0.25, 0.3) is 0 Å². The number of hydrogen-bond donors (Lipinski definition) is 2. The Morgan fingerprint density at radius 1 is 1.40 bits per heavy atom. The predicted molar refractivity (Wildman–Crippen MR) is 62.4 cm³/mol. The Kier molecular flexibility index (Phi) is 3.84. The molecule has 0 aliphatic rings. The second-order valence-electron chi connectivity index (χ2n) is 3.43. The molecule has 0 radical (unpaired) electrons. The molecule has 20 heavy (non-hydrogen) atoms. The van der Waals surface area contributed by atoms with Crippen molar-refractivity contribution in [3.8, 4) is 0 Å². The van der Waals surface area contributed by atoms with Gasteiger partial charge in [-0.1, -0.05) is 5.16 Å². The van der Waals surface area contributed by atoms with Crippen LogP contribution < -0.4 is 5.73 Å². The number of oxazole rings is 1. The minimum absolute atomic E-state index is 0.0451. The van der Waals surface area contributed by atoms with Crippen molar-refractivity contribution in [1.29, 1.82) is 0 Å². The summed E-state index contributed by atoms with van der Waals surface area (Å²) in [4.78, 5) is 7.22. The van der Waals surface area contributed by atoms with Crippen LogP contribution in [0.5, 0.6) is 0 Å². The van der Waals surface area contributed by atoms with Gasteiger partial charge in [0.15, 0.2) is 5.84 Å². The van der Waals surface area contributed by atoms with Gasteiger partial charge < -0.3 is 15.4 Å². The molecule has 0 amide bonds. The van der Waals surface area contributed by atoms with Gasteiger partial charge in [-0.25, -0.2) is 9.97 Å². The van der Waals surface area contributed by atoms with Crippen LogP contribution in [0.2, 0.25) is 0 Å². The fourth-order valence-electron chi connectivity index (χ4n) is 1.27. The molecule has 0 unspecified atom stereocenters. The number of halogens is 3. The van der Waals surface area contributed by atoms with Gasteiger partial charge in [-0.05, 0) is 23.9 Å². The van der Waals surface area contributed by atoms with Crippen LogP contribution in [0.3, 0.4) is 0 Å². The lowest BCUT2D eigenvalue weighted by atomic mass is 10.2. The summed E-state index contributed by atoms with van der Waals surface area (Å²) in [6, 6.07) is 1.81. The van der Waals surface area contributed by atoms with Crippen LogP contribution in [-0.2, 0) is 6.18 Å². The Labute approximate surface area is 114 Å². The van der Waals surface area contributed by atoms with Crippen molar-refractivity contribution in [1.82, 2.24) is 9.97 Å². The highest BCUT2D eigenvalue weighted by Gasteiger charge is 2.33. The number of amidine groups is 1. The molecular formula is C10H7F3N4O2S. The number of pyridine rings is 1. The van der Waals surface area contributed by atoms with Crippen LogP contribution in [-0.4, -0.2) is 21.0 Å². The SMILES string of the molecule is N/C(=N/O)c1ccc(C(F)(F)F)nc1Sc1ncco1. The van der Waals surface area contributed by atoms with Crippen LogP contribution >= 0.6 is 11.8 Å². The largest absolute Gasteiger partial charge is 0.440 e. The van der Waals surface area contributed by atoms with Gasteiger partial charge >= 0.3 is 6.18 Å². The third-order valence-electron chi connectivity index (χ3n) is 2.13. The monoisotopic (exact) mass is 304 g/mol. The average molecular weight is 304 g/mol. The summed E-state index contributed by atoms with van der Waals surface area (Å²) in [5.74, 6) is -0.361. The number of alkyl halides is 3. The first kappa shape index (κ1) is 14.2. The molecule has 2 heterocycles. The van der Waals surface area contributed by atoms with E-state index in [2.05, 4.69) is 15.1 Å². The van der Waals surface area contributed by atoms with E-state index in [-0.39, 0.29) is 21.6 Å². The molecule has 0 bridgehead atoms. The quantitative estimate of drug-likeness (QED) is 0.391. The summed E-state index contributed by atoms with van der Waals surface area (Å²) in [7, 11) is 0. The van der Waals surface area contributed by atoms with Crippen LogP contribution in [0.4, 0.5) is 13.2 Å². The molecule has 0 saturated heterocycles. The summed E-state index contributed by atoms with van der Waals surface area (Å²) >= 11 is 0.734. The van der Waals surface area contributed by atoms with Crippen LogP contribution in [0.1, 0.15) is 11.3 Å². The van der Waals surface area contributed by atoms with E-state index in [9.17, 15) is 13.2 Å². The standard InChI is InChI=1S/C10H7F3N4O2S/c11-10(12,13)6-2-1-5(7(14)17-18)8(16-6)20-9-15-3-4-19-9/h1-4,18H,(H2,14,17). The maximum absolute atomic E-state index is 12.6. The molecule has 0 spiro atoms. The van der Waals surface area contributed by atoms with Gasteiger partial charge in [0.05, 0.1) is 11.8 Å². The minimum atomic E-state index is -4.60. The summed E-state index contributed by atoms with van der Waals surface area (Å²) in [6.45, 7) is 0. The zero-order chi connectivity index (χ0) is 14.8. The Balaban J connectivity index is 2.48. The van der Waals surface area contributed by atoms with E-state index < -0.39 is 11.9 Å². The summed E-state index contributed by atoms with van der Waals surface area (Å²) < 4.78 is 42.8. The fourth-order valence-corrected chi connectivity index (χ4v) is 2.08. The lowest BCUT2D eigenvalue weighted by Gasteiger charge is -2.10. The molecule has 0 aliphatic heterocycles. The first-order chi connectivity index (χ1) is 9.41. The zero-order valence-electron chi connectivity index (χ0n) is 9.63. The van der Waals surface area contributed by atoms with Gasteiger partial charge in [0.2, 0.25) is 0 Å². The molecule has 0 saturated carbocycles. The highest BCUT2D eigenvalue weighted by Crippen LogP contribution is 2.33. The summed E-state index contributed by atoms with van der Waals surface area (Å²) in [5, 5.41) is 11.3. The molecular weight excluding hydrogens is 297 g/mol. The van der Waals surface area contributed by atoms with Crippen molar-refractivity contribution in [2.75, 3.05) is 0 Å². The number of nitrogens with two attached hydrogens (primary N) is 1. The Morgan fingerprint density at radius 2 is 2.15 bits per heavy atom. The molecule has 0 aromatic carbocycles. The molecule has 0 aliphatic carbocycles. The zero-order valence-corrected chi connectivity index (χ0v) is 10.4. The average Bonchev–Trinajstić information content (AvgIpc) is 2.89. The minimum Gasteiger partial charge on any atom is -0.440 e. The van der Waals surface area contributed by atoms with E-state index in [0.717, 1.165) is 23.9 Å². The summed E-state index contributed by atoms with van der Waals surface area (Å²) in [5.41, 5.74) is 4.35. The first-order valence-electron chi connectivity index (χ1n) is 5.05. The second-order valence-corrected chi connectivity index (χ2v) is 4.37.